The minimum Gasteiger partial charge on any atom is -0.352 e. The highest BCUT2D eigenvalue weighted by atomic mass is 16.2. The van der Waals surface area contributed by atoms with E-state index >= 15 is 0 Å². The van der Waals surface area contributed by atoms with Crippen LogP contribution in [0.2, 0.25) is 0 Å². The van der Waals surface area contributed by atoms with E-state index in [1.807, 2.05) is 6.92 Å². The normalized spacial score (nSPS) is 16.4. The van der Waals surface area contributed by atoms with Crippen LogP contribution < -0.4 is 10.6 Å². The predicted molar refractivity (Wildman–Crippen MR) is 78.6 cm³/mol. The van der Waals surface area contributed by atoms with Gasteiger partial charge >= 0.3 is 0 Å². The Bertz CT molecular complexity index is 227. The molecule has 0 aliphatic rings. The Morgan fingerprint density at radius 2 is 1.56 bits per heavy atom. The molecular weight excluding hydrogens is 224 g/mol. The second-order valence-corrected chi connectivity index (χ2v) is 5.56. The fourth-order valence-electron chi connectivity index (χ4n) is 2.16. The molecule has 0 saturated carbocycles. The van der Waals surface area contributed by atoms with Crippen LogP contribution in [0.15, 0.2) is 0 Å². The second kappa shape index (κ2) is 9.37. The molecule has 0 bridgehead atoms. The monoisotopic (exact) mass is 256 g/mol. The molecule has 0 aromatic carbocycles. The molecule has 0 spiro atoms. The van der Waals surface area contributed by atoms with Crippen molar-refractivity contribution < 1.29 is 4.79 Å². The average Bonchev–Trinajstić information content (AvgIpc) is 2.34. The minimum atomic E-state index is -0.107. The van der Waals surface area contributed by atoms with Gasteiger partial charge in [0, 0.05) is 12.1 Å². The van der Waals surface area contributed by atoms with Gasteiger partial charge in [-0.2, -0.15) is 0 Å². The number of hydrogen-bond acceptors (Lipinski definition) is 2. The van der Waals surface area contributed by atoms with Crippen LogP contribution in [0.5, 0.6) is 0 Å². The summed E-state index contributed by atoms with van der Waals surface area (Å²) in [6, 6.07) is 0.596. The van der Waals surface area contributed by atoms with Gasteiger partial charge in [0.05, 0.1) is 6.04 Å². The highest BCUT2D eigenvalue weighted by Crippen LogP contribution is 2.10. The highest BCUT2D eigenvalue weighted by molar-refractivity contribution is 5.81. The quantitative estimate of drug-likeness (QED) is 0.665. The van der Waals surface area contributed by atoms with Crippen molar-refractivity contribution in [3.8, 4) is 0 Å². The zero-order valence-corrected chi connectivity index (χ0v) is 13.0. The van der Waals surface area contributed by atoms with Gasteiger partial charge in [-0.1, -0.05) is 34.1 Å². The van der Waals surface area contributed by atoms with Gasteiger partial charge in [-0.25, -0.2) is 0 Å². The first-order valence-corrected chi connectivity index (χ1v) is 7.50. The predicted octanol–water partition coefficient (Wildman–Crippen LogP) is 3.09. The smallest absolute Gasteiger partial charge is 0.237 e. The summed E-state index contributed by atoms with van der Waals surface area (Å²) in [4.78, 5) is 12.0. The summed E-state index contributed by atoms with van der Waals surface area (Å²) in [6.07, 6.45) is 4.31. The van der Waals surface area contributed by atoms with Gasteiger partial charge < -0.3 is 10.6 Å². The van der Waals surface area contributed by atoms with Gasteiger partial charge in [-0.05, 0) is 39.0 Å². The van der Waals surface area contributed by atoms with Crippen molar-refractivity contribution >= 4 is 5.91 Å². The number of amides is 1. The topological polar surface area (TPSA) is 41.1 Å². The van der Waals surface area contributed by atoms with Crippen LogP contribution in [0.4, 0.5) is 0 Å². The Morgan fingerprint density at radius 1 is 1.00 bits per heavy atom. The molecule has 2 N–H and O–H groups in total. The number of carbonyl (C=O) groups is 1. The molecule has 3 nitrogen and oxygen atoms in total. The lowest BCUT2D eigenvalue weighted by Crippen LogP contribution is -2.48. The van der Waals surface area contributed by atoms with E-state index in [2.05, 4.69) is 45.3 Å². The first-order chi connectivity index (χ1) is 8.44. The molecule has 1 amide bonds. The fraction of sp³-hybridized carbons (Fsp3) is 0.933. The molecule has 0 aliphatic heterocycles. The summed E-state index contributed by atoms with van der Waals surface area (Å²) in [5.74, 6) is 0.835. The Kier molecular flexibility index (Phi) is 9.08. The van der Waals surface area contributed by atoms with Crippen LogP contribution >= 0.6 is 0 Å². The Balaban J connectivity index is 4.06. The van der Waals surface area contributed by atoms with E-state index in [-0.39, 0.29) is 11.9 Å². The molecule has 0 aliphatic carbocycles. The van der Waals surface area contributed by atoms with Gasteiger partial charge in [-0.15, -0.1) is 0 Å². The van der Waals surface area contributed by atoms with Crippen LogP contribution in [0.1, 0.15) is 67.2 Å². The van der Waals surface area contributed by atoms with Crippen molar-refractivity contribution in [3.63, 3.8) is 0 Å². The first kappa shape index (κ1) is 17.4. The summed E-state index contributed by atoms with van der Waals surface area (Å²) in [5.41, 5.74) is 0. The van der Waals surface area contributed by atoms with Gasteiger partial charge in [0.25, 0.3) is 0 Å². The van der Waals surface area contributed by atoms with Crippen molar-refractivity contribution in [1.82, 2.24) is 10.6 Å². The lowest BCUT2D eigenvalue weighted by Gasteiger charge is -2.24. The summed E-state index contributed by atoms with van der Waals surface area (Å²) in [7, 11) is 0. The Morgan fingerprint density at radius 3 is 2.00 bits per heavy atom. The van der Waals surface area contributed by atoms with Crippen molar-refractivity contribution in [3.05, 3.63) is 0 Å². The fourth-order valence-corrected chi connectivity index (χ4v) is 2.16. The van der Waals surface area contributed by atoms with Crippen molar-refractivity contribution in [1.29, 1.82) is 0 Å². The van der Waals surface area contributed by atoms with Crippen molar-refractivity contribution in [2.24, 2.45) is 5.92 Å². The number of carbonyl (C=O) groups excluding carboxylic acids is 1. The molecule has 0 aromatic rings. The van der Waals surface area contributed by atoms with Crippen molar-refractivity contribution in [2.45, 2.75) is 85.4 Å². The molecule has 0 saturated heterocycles. The van der Waals surface area contributed by atoms with Gasteiger partial charge in [0.1, 0.15) is 0 Å². The molecule has 3 heteroatoms. The molecule has 0 rings (SSSR count). The molecule has 0 radical (unpaired) electrons. The lowest BCUT2D eigenvalue weighted by atomic mass is 10.00. The molecular formula is C15H32N2O. The van der Waals surface area contributed by atoms with Crippen LogP contribution in [0.3, 0.4) is 0 Å². The van der Waals surface area contributed by atoms with E-state index < -0.39 is 0 Å². The Labute approximate surface area is 113 Å². The summed E-state index contributed by atoms with van der Waals surface area (Å²) in [6.45, 7) is 12.8. The minimum absolute atomic E-state index is 0.107. The number of hydrogen-bond donors (Lipinski definition) is 2. The molecule has 3 unspecified atom stereocenters. The van der Waals surface area contributed by atoms with Crippen LogP contribution in [0, 0.1) is 5.92 Å². The maximum absolute atomic E-state index is 12.0. The third-order valence-electron chi connectivity index (χ3n) is 3.71. The zero-order chi connectivity index (χ0) is 14.1. The number of rotatable bonds is 9. The second-order valence-electron chi connectivity index (χ2n) is 5.56. The lowest BCUT2D eigenvalue weighted by molar-refractivity contribution is -0.123. The summed E-state index contributed by atoms with van der Waals surface area (Å²) < 4.78 is 0. The highest BCUT2D eigenvalue weighted by Gasteiger charge is 2.18. The van der Waals surface area contributed by atoms with Crippen LogP contribution in [0.25, 0.3) is 0 Å². The molecule has 0 fully saturated rings. The zero-order valence-electron chi connectivity index (χ0n) is 13.0. The standard InChI is InChI=1S/C15H32N2O/c1-7-11(4)10-12(5)16-13(6)15(18)17-14(8-2)9-3/h11-14,16H,7-10H2,1-6H3,(H,17,18). The molecule has 3 atom stereocenters. The number of nitrogens with one attached hydrogen (secondary N) is 2. The summed E-state index contributed by atoms with van der Waals surface area (Å²) >= 11 is 0. The average molecular weight is 256 g/mol. The largest absolute Gasteiger partial charge is 0.352 e. The van der Waals surface area contributed by atoms with E-state index in [0.29, 0.717) is 18.0 Å². The van der Waals surface area contributed by atoms with E-state index in [9.17, 15) is 4.79 Å². The van der Waals surface area contributed by atoms with Crippen LogP contribution in [-0.4, -0.2) is 24.0 Å². The van der Waals surface area contributed by atoms with Gasteiger partial charge in [0.2, 0.25) is 5.91 Å². The van der Waals surface area contributed by atoms with E-state index in [1.165, 1.54) is 6.42 Å². The summed E-state index contributed by atoms with van der Waals surface area (Å²) in [5, 5.41) is 6.47. The molecule has 0 heterocycles. The van der Waals surface area contributed by atoms with E-state index in [0.717, 1.165) is 19.3 Å². The van der Waals surface area contributed by atoms with Gasteiger partial charge in [0.15, 0.2) is 0 Å². The molecule has 0 aromatic heterocycles. The van der Waals surface area contributed by atoms with E-state index in [1.54, 1.807) is 0 Å². The SMILES string of the molecule is CCC(C)CC(C)NC(C)C(=O)NC(CC)CC. The van der Waals surface area contributed by atoms with Crippen LogP contribution in [-0.2, 0) is 4.79 Å². The molecule has 108 valence electrons. The maximum Gasteiger partial charge on any atom is 0.237 e. The van der Waals surface area contributed by atoms with E-state index in [4.69, 9.17) is 0 Å². The third kappa shape index (κ3) is 7.00. The van der Waals surface area contributed by atoms with Gasteiger partial charge in [-0.3, -0.25) is 4.79 Å². The molecule has 18 heavy (non-hydrogen) atoms. The third-order valence-corrected chi connectivity index (χ3v) is 3.71. The first-order valence-electron chi connectivity index (χ1n) is 7.50. The maximum atomic E-state index is 12.0. The Hall–Kier alpha value is -0.570. The van der Waals surface area contributed by atoms with Crippen molar-refractivity contribution in [2.75, 3.05) is 0 Å².